The largest absolute Gasteiger partial charge is 0.478 e. The van der Waals surface area contributed by atoms with Crippen LogP contribution < -0.4 is 5.32 Å². The van der Waals surface area contributed by atoms with Crippen molar-refractivity contribution >= 4 is 61.8 Å². The van der Waals surface area contributed by atoms with Gasteiger partial charge >= 0.3 is 5.97 Å². The van der Waals surface area contributed by atoms with E-state index in [0.717, 1.165) is 0 Å². The Balaban J connectivity index is 1.87. The number of rotatable bonds is 3. The van der Waals surface area contributed by atoms with Crippen molar-refractivity contribution in [2.45, 2.75) is 0 Å². The quantitative estimate of drug-likeness (QED) is 0.683. The fourth-order valence-corrected chi connectivity index (χ4v) is 3.00. The number of benzene rings is 1. The van der Waals surface area contributed by atoms with Gasteiger partial charge in [-0.2, -0.15) is 0 Å². The third-order valence-electron chi connectivity index (χ3n) is 2.91. The molecule has 0 saturated heterocycles. The van der Waals surface area contributed by atoms with Crippen molar-refractivity contribution in [2.75, 3.05) is 5.32 Å². The van der Waals surface area contributed by atoms with Crippen LogP contribution in [0.5, 0.6) is 0 Å². The summed E-state index contributed by atoms with van der Waals surface area (Å²) in [7, 11) is 0. The fraction of sp³-hybridized carbons (Fsp3) is 0. The van der Waals surface area contributed by atoms with Crippen molar-refractivity contribution in [3.8, 4) is 0 Å². The predicted molar refractivity (Wildman–Crippen MR) is 88.8 cm³/mol. The Kier molecular flexibility index (Phi) is 4.16. The predicted octanol–water partition coefficient (Wildman–Crippen LogP) is 3.95. The molecular weight excluding hydrogens is 361 g/mol. The maximum Gasteiger partial charge on any atom is 0.335 e. The lowest BCUT2D eigenvalue weighted by Gasteiger charge is -2.02. The second kappa shape index (κ2) is 6.11. The van der Waals surface area contributed by atoms with Gasteiger partial charge in [-0.15, -0.1) is 0 Å². The third kappa shape index (κ3) is 3.26. The highest BCUT2D eigenvalue weighted by Crippen LogP contribution is 2.27. The molecule has 0 spiro atoms. The van der Waals surface area contributed by atoms with Gasteiger partial charge in [-0.25, -0.2) is 14.8 Å². The number of aromatic carboxylic acids is 1. The number of nitrogens with zero attached hydrogens (tertiary/aromatic N) is 2. The molecule has 0 aliphatic rings. The highest BCUT2D eigenvalue weighted by atomic mass is 35.5. The second-order valence-electron chi connectivity index (χ2n) is 4.46. The number of halogens is 2. The summed E-state index contributed by atoms with van der Waals surface area (Å²) in [6.07, 6.45) is 1.30. The molecule has 0 radical (unpaired) electrons. The van der Waals surface area contributed by atoms with Crippen LogP contribution in [0, 0.1) is 0 Å². The molecule has 3 rings (SSSR count). The van der Waals surface area contributed by atoms with E-state index in [4.69, 9.17) is 28.3 Å². The number of carbonyl (C=O) groups is 2. The maximum atomic E-state index is 12.1. The van der Waals surface area contributed by atoms with E-state index in [-0.39, 0.29) is 21.3 Å². The molecular formula is C14H7Cl2N3O3S. The number of hydrogen-bond donors (Lipinski definition) is 2. The smallest absolute Gasteiger partial charge is 0.335 e. The van der Waals surface area contributed by atoms with Gasteiger partial charge in [0.2, 0.25) is 0 Å². The highest BCUT2D eigenvalue weighted by Gasteiger charge is 2.13. The topological polar surface area (TPSA) is 92.2 Å². The Morgan fingerprint density at radius 3 is 2.65 bits per heavy atom. The first-order chi connectivity index (χ1) is 10.9. The zero-order chi connectivity index (χ0) is 16.6. The summed E-state index contributed by atoms with van der Waals surface area (Å²) < 4.78 is 0.660. The molecule has 0 bridgehead atoms. The van der Waals surface area contributed by atoms with Crippen LogP contribution in [0.3, 0.4) is 0 Å². The lowest BCUT2D eigenvalue weighted by molar-refractivity contribution is 0.0697. The number of aromatic nitrogens is 2. The molecule has 0 aliphatic carbocycles. The molecule has 2 heterocycles. The number of fused-ring (bicyclic) bond motifs is 1. The van der Waals surface area contributed by atoms with Crippen LogP contribution in [-0.4, -0.2) is 27.0 Å². The molecule has 0 unspecified atom stereocenters. The Hall–Kier alpha value is -2.22. The van der Waals surface area contributed by atoms with Gasteiger partial charge < -0.3 is 5.11 Å². The van der Waals surface area contributed by atoms with E-state index < -0.39 is 11.9 Å². The molecule has 2 N–H and O–H groups in total. The summed E-state index contributed by atoms with van der Waals surface area (Å²) >= 11 is 12.7. The van der Waals surface area contributed by atoms with Gasteiger partial charge in [0.1, 0.15) is 5.15 Å². The number of carbonyl (C=O) groups excluding carboxylic acids is 1. The summed E-state index contributed by atoms with van der Waals surface area (Å²) in [5.74, 6) is -1.46. The lowest BCUT2D eigenvalue weighted by Crippen LogP contribution is -2.12. The summed E-state index contributed by atoms with van der Waals surface area (Å²) in [6, 6.07) is 5.96. The van der Waals surface area contributed by atoms with Crippen molar-refractivity contribution in [3.05, 3.63) is 51.8 Å². The normalized spacial score (nSPS) is 10.7. The maximum absolute atomic E-state index is 12.1. The minimum Gasteiger partial charge on any atom is -0.478 e. The van der Waals surface area contributed by atoms with E-state index in [2.05, 4.69) is 15.3 Å². The SMILES string of the molecule is O=C(O)c1ccc2nc(NC(=O)c3cnc(Cl)c(Cl)c3)sc2c1. The zero-order valence-electron chi connectivity index (χ0n) is 11.2. The molecule has 116 valence electrons. The molecule has 0 aliphatic heterocycles. The molecule has 3 aromatic rings. The van der Waals surface area contributed by atoms with Crippen LogP contribution in [0.4, 0.5) is 5.13 Å². The van der Waals surface area contributed by atoms with E-state index in [1.165, 1.54) is 35.7 Å². The van der Waals surface area contributed by atoms with Gasteiger partial charge in [-0.05, 0) is 24.3 Å². The van der Waals surface area contributed by atoms with Gasteiger partial charge in [0.05, 0.1) is 26.4 Å². The second-order valence-corrected chi connectivity index (χ2v) is 6.25. The standard InChI is InChI=1S/C14H7Cl2N3O3S/c15-8-3-7(5-17-11(8)16)12(20)19-14-18-9-2-1-6(13(21)22)4-10(9)23-14/h1-5H,(H,21,22)(H,18,19,20). The third-order valence-corrected chi connectivity index (χ3v) is 4.53. The van der Waals surface area contributed by atoms with E-state index in [1.807, 2.05) is 0 Å². The Labute approximate surface area is 143 Å². The van der Waals surface area contributed by atoms with Crippen LogP contribution in [-0.2, 0) is 0 Å². The van der Waals surface area contributed by atoms with Crippen LogP contribution in [0.2, 0.25) is 10.2 Å². The number of pyridine rings is 1. The molecule has 23 heavy (non-hydrogen) atoms. The van der Waals surface area contributed by atoms with E-state index in [1.54, 1.807) is 6.07 Å². The van der Waals surface area contributed by atoms with E-state index >= 15 is 0 Å². The van der Waals surface area contributed by atoms with Crippen LogP contribution in [0.25, 0.3) is 10.2 Å². The van der Waals surface area contributed by atoms with Crippen LogP contribution in [0.1, 0.15) is 20.7 Å². The van der Waals surface area contributed by atoms with Crippen molar-refractivity contribution in [3.63, 3.8) is 0 Å². The summed E-state index contributed by atoms with van der Waals surface area (Å²) in [4.78, 5) is 31.1. The molecule has 2 aromatic heterocycles. The first-order valence-electron chi connectivity index (χ1n) is 6.20. The molecule has 0 atom stereocenters. The molecule has 0 fully saturated rings. The average molecular weight is 368 g/mol. The summed E-state index contributed by atoms with van der Waals surface area (Å²) in [5.41, 5.74) is 1.00. The average Bonchev–Trinajstić information content (AvgIpc) is 2.90. The number of carboxylic acids is 1. The molecule has 1 aromatic carbocycles. The zero-order valence-corrected chi connectivity index (χ0v) is 13.5. The molecule has 6 nitrogen and oxygen atoms in total. The van der Waals surface area contributed by atoms with Crippen LogP contribution >= 0.6 is 34.5 Å². The number of thiazole rings is 1. The number of nitrogens with one attached hydrogen (secondary N) is 1. The molecule has 0 saturated carbocycles. The van der Waals surface area contributed by atoms with Crippen molar-refractivity contribution < 1.29 is 14.7 Å². The number of hydrogen-bond acceptors (Lipinski definition) is 5. The number of carboxylic acid groups (broad SMARTS) is 1. The number of amides is 1. The van der Waals surface area contributed by atoms with E-state index in [0.29, 0.717) is 15.3 Å². The Morgan fingerprint density at radius 2 is 1.96 bits per heavy atom. The van der Waals surface area contributed by atoms with Crippen molar-refractivity contribution in [1.82, 2.24) is 9.97 Å². The lowest BCUT2D eigenvalue weighted by atomic mass is 10.2. The highest BCUT2D eigenvalue weighted by molar-refractivity contribution is 7.22. The minimum absolute atomic E-state index is 0.115. The minimum atomic E-state index is -1.02. The van der Waals surface area contributed by atoms with Gasteiger partial charge in [0, 0.05) is 6.20 Å². The first-order valence-corrected chi connectivity index (χ1v) is 7.77. The summed E-state index contributed by atoms with van der Waals surface area (Å²) in [6.45, 7) is 0. The van der Waals surface area contributed by atoms with Crippen molar-refractivity contribution in [2.24, 2.45) is 0 Å². The fourth-order valence-electron chi connectivity index (χ4n) is 1.83. The van der Waals surface area contributed by atoms with Gasteiger partial charge in [0.15, 0.2) is 5.13 Å². The van der Waals surface area contributed by atoms with Gasteiger partial charge in [0.25, 0.3) is 5.91 Å². The number of anilines is 1. The van der Waals surface area contributed by atoms with Gasteiger partial charge in [-0.1, -0.05) is 34.5 Å². The Morgan fingerprint density at radius 1 is 1.17 bits per heavy atom. The van der Waals surface area contributed by atoms with Crippen LogP contribution in [0.15, 0.2) is 30.5 Å². The monoisotopic (exact) mass is 367 g/mol. The van der Waals surface area contributed by atoms with E-state index in [9.17, 15) is 9.59 Å². The molecule has 9 heteroatoms. The van der Waals surface area contributed by atoms with Crippen molar-refractivity contribution in [1.29, 1.82) is 0 Å². The van der Waals surface area contributed by atoms with Gasteiger partial charge in [-0.3, -0.25) is 10.1 Å². The first kappa shape index (κ1) is 15.7. The molecule has 1 amide bonds. The summed E-state index contributed by atoms with van der Waals surface area (Å²) in [5, 5.41) is 12.2. The Bertz CT molecular complexity index is 942.